The minimum Gasteiger partial charge on any atom is -0.389 e. The van der Waals surface area contributed by atoms with Gasteiger partial charge in [-0.2, -0.15) is 5.10 Å². The summed E-state index contributed by atoms with van der Waals surface area (Å²) >= 11 is 0. The van der Waals surface area contributed by atoms with E-state index in [1.54, 1.807) is 10.9 Å². The Balaban J connectivity index is 2.00. The number of aryl methyl sites for hydroxylation is 1. The Hall–Kier alpha value is -1.81. The van der Waals surface area contributed by atoms with E-state index in [9.17, 15) is 5.11 Å². The van der Waals surface area contributed by atoms with Crippen molar-refractivity contribution < 1.29 is 5.11 Å². The van der Waals surface area contributed by atoms with Gasteiger partial charge in [0, 0.05) is 31.7 Å². The summed E-state index contributed by atoms with van der Waals surface area (Å²) in [5.41, 5.74) is 3.70. The average Bonchev–Trinajstić information content (AvgIpc) is 2.85. The maximum Gasteiger partial charge on any atom is 0.0910 e. The summed E-state index contributed by atoms with van der Waals surface area (Å²) in [7, 11) is 2.01. The van der Waals surface area contributed by atoms with Gasteiger partial charge in [-0.1, -0.05) is 12.1 Å². The Morgan fingerprint density at radius 2 is 2.11 bits per heavy atom. The fourth-order valence-corrected chi connectivity index (χ4v) is 2.25. The van der Waals surface area contributed by atoms with Gasteiger partial charge in [0.1, 0.15) is 0 Å². The van der Waals surface area contributed by atoms with Crippen molar-refractivity contribution in [2.24, 2.45) is 0 Å². The molecule has 0 fully saturated rings. The highest BCUT2D eigenvalue weighted by molar-refractivity contribution is 5.55. The Kier molecular flexibility index (Phi) is 4.22. The van der Waals surface area contributed by atoms with Crippen LogP contribution in [0.1, 0.15) is 11.1 Å². The average molecular weight is 259 g/mol. The summed E-state index contributed by atoms with van der Waals surface area (Å²) in [4.78, 5) is 2.09. The van der Waals surface area contributed by atoms with Crippen molar-refractivity contribution in [2.45, 2.75) is 26.5 Å². The first-order valence-corrected chi connectivity index (χ1v) is 6.51. The lowest BCUT2D eigenvalue weighted by atomic mass is 10.1. The largest absolute Gasteiger partial charge is 0.389 e. The van der Waals surface area contributed by atoms with Gasteiger partial charge in [0.2, 0.25) is 0 Å². The lowest BCUT2D eigenvalue weighted by molar-refractivity contribution is 0.156. The van der Waals surface area contributed by atoms with E-state index in [-0.39, 0.29) is 0 Å². The van der Waals surface area contributed by atoms with Crippen LogP contribution in [0.2, 0.25) is 0 Å². The highest BCUT2D eigenvalue weighted by atomic mass is 16.3. The molecule has 4 heteroatoms. The molecule has 1 unspecified atom stereocenters. The van der Waals surface area contributed by atoms with Crippen LogP contribution in [0, 0.1) is 13.8 Å². The third-order valence-electron chi connectivity index (χ3n) is 3.43. The second-order valence-electron chi connectivity index (χ2n) is 4.98. The summed E-state index contributed by atoms with van der Waals surface area (Å²) < 4.78 is 1.75. The minimum absolute atomic E-state index is 0.440. The fourth-order valence-electron chi connectivity index (χ4n) is 2.25. The fraction of sp³-hybridized carbons (Fsp3) is 0.400. The molecular formula is C15H21N3O. The molecule has 1 N–H and O–H groups in total. The van der Waals surface area contributed by atoms with E-state index < -0.39 is 6.10 Å². The minimum atomic E-state index is -0.440. The van der Waals surface area contributed by atoms with Gasteiger partial charge < -0.3 is 10.0 Å². The first-order valence-electron chi connectivity index (χ1n) is 6.51. The molecule has 0 amide bonds. The number of rotatable bonds is 5. The Morgan fingerprint density at radius 3 is 2.79 bits per heavy atom. The third-order valence-corrected chi connectivity index (χ3v) is 3.43. The molecule has 4 nitrogen and oxygen atoms in total. The van der Waals surface area contributed by atoms with Crippen molar-refractivity contribution in [2.75, 3.05) is 18.5 Å². The zero-order valence-corrected chi connectivity index (χ0v) is 11.7. The molecule has 0 saturated heterocycles. The Bertz CT molecular complexity index is 522. The van der Waals surface area contributed by atoms with Crippen LogP contribution in [0.15, 0.2) is 36.7 Å². The maximum atomic E-state index is 10.1. The number of benzene rings is 1. The summed E-state index contributed by atoms with van der Waals surface area (Å²) in [6.45, 7) is 5.32. The van der Waals surface area contributed by atoms with Crippen LogP contribution in [0.5, 0.6) is 0 Å². The van der Waals surface area contributed by atoms with Gasteiger partial charge in [-0.05, 0) is 37.1 Å². The molecule has 1 heterocycles. The van der Waals surface area contributed by atoms with Crippen LogP contribution in [0.4, 0.5) is 5.69 Å². The second-order valence-corrected chi connectivity index (χ2v) is 4.98. The topological polar surface area (TPSA) is 41.3 Å². The van der Waals surface area contributed by atoms with Gasteiger partial charge >= 0.3 is 0 Å². The molecule has 1 aromatic carbocycles. The van der Waals surface area contributed by atoms with Crippen molar-refractivity contribution in [1.29, 1.82) is 0 Å². The van der Waals surface area contributed by atoms with E-state index in [1.165, 1.54) is 16.8 Å². The quantitative estimate of drug-likeness (QED) is 0.893. The predicted molar refractivity (Wildman–Crippen MR) is 77.4 cm³/mol. The maximum absolute atomic E-state index is 10.1. The van der Waals surface area contributed by atoms with Crippen LogP contribution in [-0.2, 0) is 6.54 Å². The normalized spacial score (nSPS) is 12.4. The second kappa shape index (κ2) is 5.89. The first-order chi connectivity index (χ1) is 9.08. The molecular weight excluding hydrogens is 238 g/mol. The number of hydrogen-bond acceptors (Lipinski definition) is 3. The summed E-state index contributed by atoms with van der Waals surface area (Å²) in [5.74, 6) is 0. The summed E-state index contributed by atoms with van der Waals surface area (Å²) in [5, 5.41) is 14.2. The smallest absolute Gasteiger partial charge is 0.0910 e. The van der Waals surface area contributed by atoms with Crippen molar-refractivity contribution in [3.05, 3.63) is 47.8 Å². The number of aromatic nitrogens is 2. The third kappa shape index (κ3) is 3.35. The monoisotopic (exact) mass is 259 g/mol. The van der Waals surface area contributed by atoms with Gasteiger partial charge in [-0.3, -0.25) is 4.68 Å². The van der Waals surface area contributed by atoms with Crippen molar-refractivity contribution in [3.63, 3.8) is 0 Å². The molecule has 0 radical (unpaired) electrons. The number of nitrogens with zero attached hydrogens (tertiary/aromatic N) is 3. The van der Waals surface area contributed by atoms with Gasteiger partial charge in [-0.15, -0.1) is 0 Å². The molecule has 102 valence electrons. The zero-order chi connectivity index (χ0) is 13.8. The molecule has 1 aromatic heterocycles. The van der Waals surface area contributed by atoms with Crippen molar-refractivity contribution in [3.8, 4) is 0 Å². The van der Waals surface area contributed by atoms with Crippen LogP contribution in [-0.4, -0.2) is 34.6 Å². The Morgan fingerprint density at radius 1 is 1.32 bits per heavy atom. The first kappa shape index (κ1) is 13.6. The molecule has 0 aliphatic heterocycles. The van der Waals surface area contributed by atoms with Crippen LogP contribution < -0.4 is 4.90 Å². The van der Waals surface area contributed by atoms with Crippen LogP contribution in [0.25, 0.3) is 0 Å². The molecule has 0 aliphatic rings. The van der Waals surface area contributed by atoms with Crippen molar-refractivity contribution in [1.82, 2.24) is 9.78 Å². The van der Waals surface area contributed by atoms with E-state index in [1.807, 2.05) is 25.4 Å². The van der Waals surface area contributed by atoms with Crippen molar-refractivity contribution >= 4 is 5.69 Å². The summed E-state index contributed by atoms with van der Waals surface area (Å²) in [6, 6.07) is 8.10. The SMILES string of the molecule is Cc1cccc(N(C)CC(O)Cn2cccn2)c1C. The number of hydrogen-bond donors (Lipinski definition) is 1. The number of anilines is 1. The molecule has 0 bridgehead atoms. The predicted octanol–water partition coefficient (Wildman–Crippen LogP) is 2.00. The number of aliphatic hydroxyl groups excluding tert-OH is 1. The Labute approximate surface area is 114 Å². The van der Waals surface area contributed by atoms with Gasteiger partial charge in [-0.25, -0.2) is 0 Å². The van der Waals surface area contributed by atoms with E-state index in [0.29, 0.717) is 13.1 Å². The van der Waals surface area contributed by atoms with E-state index >= 15 is 0 Å². The standard InChI is InChI=1S/C15H21N3O/c1-12-6-4-7-15(13(12)2)17(3)10-14(19)11-18-9-5-8-16-18/h4-9,14,19H,10-11H2,1-3H3. The molecule has 0 aliphatic carbocycles. The molecule has 1 atom stereocenters. The van der Waals surface area contributed by atoms with Crippen LogP contribution in [0.3, 0.4) is 0 Å². The lowest BCUT2D eigenvalue weighted by Crippen LogP contribution is -2.32. The zero-order valence-electron chi connectivity index (χ0n) is 11.7. The van der Waals surface area contributed by atoms with Gasteiger partial charge in [0.25, 0.3) is 0 Å². The molecule has 0 saturated carbocycles. The lowest BCUT2D eigenvalue weighted by Gasteiger charge is -2.25. The highest BCUT2D eigenvalue weighted by Gasteiger charge is 2.12. The van der Waals surface area contributed by atoms with E-state index in [2.05, 4.69) is 36.0 Å². The molecule has 19 heavy (non-hydrogen) atoms. The van der Waals surface area contributed by atoms with Gasteiger partial charge in [0.05, 0.1) is 12.6 Å². The van der Waals surface area contributed by atoms with E-state index in [4.69, 9.17) is 0 Å². The molecule has 2 rings (SSSR count). The number of likely N-dealkylation sites (N-methyl/N-ethyl adjacent to an activating group) is 1. The van der Waals surface area contributed by atoms with E-state index in [0.717, 1.165) is 0 Å². The highest BCUT2D eigenvalue weighted by Crippen LogP contribution is 2.21. The van der Waals surface area contributed by atoms with Gasteiger partial charge in [0.15, 0.2) is 0 Å². The molecule has 2 aromatic rings. The number of aliphatic hydroxyl groups is 1. The van der Waals surface area contributed by atoms with Crippen LogP contribution >= 0.6 is 0 Å². The summed E-state index contributed by atoms with van der Waals surface area (Å²) in [6.07, 6.45) is 3.15. The molecule has 0 spiro atoms.